The largest absolute Gasteiger partial charge is 0.355 e. The zero-order valence-corrected chi connectivity index (χ0v) is 15.5. The van der Waals surface area contributed by atoms with Gasteiger partial charge in [-0.25, -0.2) is 9.97 Å². The molecule has 24 heavy (non-hydrogen) atoms. The zero-order valence-electron chi connectivity index (χ0n) is 13.8. The Labute approximate surface area is 147 Å². The maximum Gasteiger partial charge on any atom is 0.192 e. The molecule has 3 aromatic rings. The summed E-state index contributed by atoms with van der Waals surface area (Å²) in [5.74, 6) is -0.0634. The van der Waals surface area contributed by atoms with Crippen LogP contribution in [0, 0.1) is 13.8 Å². The second-order valence-electron chi connectivity index (χ2n) is 5.62. The van der Waals surface area contributed by atoms with Crippen LogP contribution < -0.4 is 0 Å². The van der Waals surface area contributed by atoms with E-state index in [0.717, 1.165) is 26.5 Å². The first kappa shape index (κ1) is 16.9. The number of thiophene rings is 1. The minimum atomic E-state index is -0.320. The van der Waals surface area contributed by atoms with Crippen LogP contribution in [0.4, 0.5) is 0 Å². The highest BCUT2D eigenvalue weighted by Gasteiger charge is 2.25. The van der Waals surface area contributed by atoms with Crippen LogP contribution in [0.5, 0.6) is 0 Å². The summed E-state index contributed by atoms with van der Waals surface area (Å²) in [5.41, 5.74) is 2.58. The van der Waals surface area contributed by atoms with Gasteiger partial charge in [-0.05, 0) is 44.7 Å². The molecule has 0 fully saturated rings. The van der Waals surface area contributed by atoms with Gasteiger partial charge in [0.2, 0.25) is 0 Å². The number of aromatic amines is 1. The summed E-state index contributed by atoms with van der Waals surface area (Å²) >= 11 is 2.97. The number of aryl methyl sites for hydroxylation is 1. The summed E-state index contributed by atoms with van der Waals surface area (Å²) in [7, 11) is 0. The van der Waals surface area contributed by atoms with Crippen LogP contribution >= 0.6 is 23.1 Å². The number of nitrogens with zero attached hydrogens (tertiary/aromatic N) is 2. The number of hydrogen-bond donors (Lipinski definition) is 1. The molecule has 1 N–H and O–H groups in total. The van der Waals surface area contributed by atoms with E-state index in [9.17, 15) is 9.59 Å². The van der Waals surface area contributed by atoms with E-state index in [-0.39, 0.29) is 16.8 Å². The van der Waals surface area contributed by atoms with Gasteiger partial charge >= 0.3 is 0 Å². The lowest BCUT2D eigenvalue weighted by molar-refractivity contribution is 0.0988. The lowest BCUT2D eigenvalue weighted by Crippen LogP contribution is -2.15. The van der Waals surface area contributed by atoms with Crippen LogP contribution in [0.15, 0.2) is 22.8 Å². The van der Waals surface area contributed by atoms with Gasteiger partial charge in [-0.15, -0.1) is 11.3 Å². The third kappa shape index (κ3) is 2.89. The highest BCUT2D eigenvalue weighted by Crippen LogP contribution is 2.32. The highest BCUT2D eigenvalue weighted by atomic mass is 32.2. The minimum Gasteiger partial charge on any atom is -0.355 e. The minimum absolute atomic E-state index is 0.0311. The Morgan fingerprint density at radius 1 is 1.29 bits per heavy atom. The molecule has 124 valence electrons. The second kappa shape index (κ2) is 6.49. The van der Waals surface area contributed by atoms with Gasteiger partial charge in [-0.1, -0.05) is 11.8 Å². The molecule has 0 amide bonds. The quantitative estimate of drug-likeness (QED) is 0.420. The summed E-state index contributed by atoms with van der Waals surface area (Å²) in [6.07, 6.45) is 1.52. The van der Waals surface area contributed by atoms with E-state index in [1.807, 2.05) is 32.2 Å². The van der Waals surface area contributed by atoms with Crippen molar-refractivity contribution in [2.24, 2.45) is 0 Å². The summed E-state index contributed by atoms with van der Waals surface area (Å²) in [5, 5.41) is 3.42. The van der Waals surface area contributed by atoms with Crippen LogP contribution in [0.1, 0.15) is 46.0 Å². The fourth-order valence-electron chi connectivity index (χ4n) is 2.81. The van der Waals surface area contributed by atoms with Crippen molar-refractivity contribution in [1.82, 2.24) is 15.0 Å². The topological polar surface area (TPSA) is 75.7 Å². The molecule has 0 spiro atoms. The molecule has 0 bridgehead atoms. The standard InChI is InChI=1S/C17H17N3O2S2/c1-8-13(10(3)21)9(2)20-14(8)15(22)11(4)24-17-12-5-6-23-16(12)18-7-19-17/h5-7,11,20H,1-4H3/t11-/m1/s1. The van der Waals surface area contributed by atoms with E-state index >= 15 is 0 Å². The van der Waals surface area contributed by atoms with E-state index in [4.69, 9.17) is 0 Å². The van der Waals surface area contributed by atoms with Gasteiger partial charge in [0.15, 0.2) is 11.6 Å². The third-order valence-electron chi connectivity index (χ3n) is 3.92. The fourth-order valence-corrected chi connectivity index (χ4v) is 4.57. The van der Waals surface area contributed by atoms with Gasteiger partial charge in [-0.2, -0.15) is 0 Å². The molecule has 7 heteroatoms. The van der Waals surface area contributed by atoms with Crippen molar-refractivity contribution >= 4 is 44.9 Å². The Morgan fingerprint density at radius 2 is 2.04 bits per heavy atom. The molecule has 0 saturated carbocycles. The maximum absolute atomic E-state index is 12.8. The number of rotatable bonds is 5. The van der Waals surface area contributed by atoms with Gasteiger partial charge < -0.3 is 4.98 Å². The number of carbonyl (C=O) groups is 2. The van der Waals surface area contributed by atoms with Crippen molar-refractivity contribution in [3.8, 4) is 0 Å². The Hall–Kier alpha value is -1.99. The predicted octanol–water partition coefficient (Wildman–Crippen LogP) is 4.20. The SMILES string of the molecule is CC(=O)c1c(C)[nH]c(C(=O)[C@@H](C)Sc2ncnc3sccc23)c1C. The average Bonchev–Trinajstić information content (AvgIpc) is 3.11. The van der Waals surface area contributed by atoms with Gasteiger partial charge in [0.25, 0.3) is 0 Å². The Morgan fingerprint density at radius 3 is 2.71 bits per heavy atom. The van der Waals surface area contributed by atoms with Crippen molar-refractivity contribution in [3.05, 3.63) is 40.3 Å². The molecule has 0 aliphatic carbocycles. The maximum atomic E-state index is 12.8. The summed E-state index contributed by atoms with van der Waals surface area (Å²) in [6, 6.07) is 1.97. The van der Waals surface area contributed by atoms with Gasteiger partial charge in [0, 0.05) is 16.6 Å². The molecule has 0 aromatic carbocycles. The van der Waals surface area contributed by atoms with E-state index in [1.54, 1.807) is 11.3 Å². The van der Waals surface area contributed by atoms with Crippen molar-refractivity contribution in [1.29, 1.82) is 0 Å². The molecule has 1 atom stereocenters. The smallest absolute Gasteiger partial charge is 0.192 e. The molecule has 3 rings (SSSR count). The van der Waals surface area contributed by atoms with Crippen LogP contribution in [0.3, 0.4) is 0 Å². The number of thioether (sulfide) groups is 1. The number of ketones is 2. The molecule has 5 nitrogen and oxygen atoms in total. The summed E-state index contributed by atoms with van der Waals surface area (Å²) in [4.78, 5) is 37.1. The van der Waals surface area contributed by atoms with Crippen LogP contribution in [-0.4, -0.2) is 31.8 Å². The lowest BCUT2D eigenvalue weighted by atomic mass is 10.0. The van der Waals surface area contributed by atoms with E-state index < -0.39 is 0 Å². The number of H-pyrrole nitrogens is 1. The van der Waals surface area contributed by atoms with Crippen molar-refractivity contribution in [3.63, 3.8) is 0 Å². The third-order valence-corrected chi connectivity index (χ3v) is 5.86. The summed E-state index contributed by atoms with van der Waals surface area (Å²) < 4.78 is 0. The Kier molecular flexibility index (Phi) is 4.56. The van der Waals surface area contributed by atoms with Crippen molar-refractivity contribution in [2.45, 2.75) is 38.0 Å². The molecule has 0 saturated heterocycles. The first-order chi connectivity index (χ1) is 11.4. The van der Waals surface area contributed by atoms with Crippen LogP contribution in [-0.2, 0) is 0 Å². The number of hydrogen-bond acceptors (Lipinski definition) is 6. The normalized spacial score (nSPS) is 12.5. The van der Waals surface area contributed by atoms with E-state index in [1.165, 1.54) is 25.0 Å². The number of nitrogens with one attached hydrogen (secondary N) is 1. The average molecular weight is 359 g/mol. The van der Waals surface area contributed by atoms with Gasteiger partial charge in [0.05, 0.1) is 10.9 Å². The molecular weight excluding hydrogens is 342 g/mol. The van der Waals surface area contributed by atoms with Crippen molar-refractivity contribution in [2.75, 3.05) is 0 Å². The lowest BCUT2D eigenvalue weighted by Gasteiger charge is -2.10. The first-order valence-corrected chi connectivity index (χ1v) is 9.25. The fraction of sp³-hybridized carbons (Fsp3) is 0.294. The van der Waals surface area contributed by atoms with Crippen LogP contribution in [0.25, 0.3) is 10.2 Å². The first-order valence-electron chi connectivity index (χ1n) is 7.49. The number of fused-ring (bicyclic) bond motifs is 1. The van der Waals surface area contributed by atoms with Crippen molar-refractivity contribution < 1.29 is 9.59 Å². The van der Waals surface area contributed by atoms with Gasteiger partial charge in [0.1, 0.15) is 16.2 Å². The van der Waals surface area contributed by atoms with E-state index in [0.29, 0.717) is 11.3 Å². The van der Waals surface area contributed by atoms with E-state index in [2.05, 4.69) is 15.0 Å². The molecule has 0 aliphatic heterocycles. The molecule has 3 heterocycles. The number of carbonyl (C=O) groups excluding carboxylic acids is 2. The Balaban J connectivity index is 1.89. The zero-order chi connectivity index (χ0) is 17.4. The Bertz CT molecular complexity index is 943. The molecule has 0 unspecified atom stereocenters. The van der Waals surface area contributed by atoms with Gasteiger partial charge in [-0.3, -0.25) is 9.59 Å². The predicted molar refractivity (Wildman–Crippen MR) is 97.3 cm³/mol. The molecular formula is C17H17N3O2S2. The monoisotopic (exact) mass is 359 g/mol. The molecule has 0 radical (unpaired) electrons. The highest BCUT2D eigenvalue weighted by molar-refractivity contribution is 8.00. The van der Waals surface area contributed by atoms with Crippen LogP contribution in [0.2, 0.25) is 0 Å². The molecule has 3 aromatic heterocycles. The second-order valence-corrected chi connectivity index (χ2v) is 7.85. The molecule has 0 aliphatic rings. The summed E-state index contributed by atoms with van der Waals surface area (Å²) in [6.45, 7) is 7.00. The number of Topliss-reactive ketones (excluding diaryl/α,β-unsaturated/α-hetero) is 2. The number of aromatic nitrogens is 3.